The quantitative estimate of drug-likeness (QED) is 0.689. The fourth-order valence-electron chi connectivity index (χ4n) is 2.10. The van der Waals surface area contributed by atoms with Crippen molar-refractivity contribution >= 4 is 16.7 Å². The number of hydrogen-bond donors (Lipinski definition) is 2. The van der Waals surface area contributed by atoms with Crippen molar-refractivity contribution in [1.82, 2.24) is 5.32 Å². The molecule has 0 aromatic heterocycles. The van der Waals surface area contributed by atoms with Gasteiger partial charge in [0.2, 0.25) is 5.91 Å². The summed E-state index contributed by atoms with van der Waals surface area (Å²) in [5.74, 6) is 0.873. The molecule has 0 radical (unpaired) electrons. The minimum Gasteiger partial charge on any atom is -0.356 e. The van der Waals surface area contributed by atoms with Gasteiger partial charge in [-0.05, 0) is 25.7 Å². The van der Waals surface area contributed by atoms with Crippen LogP contribution in [0.25, 0.3) is 0 Å². The van der Waals surface area contributed by atoms with Crippen LogP contribution in [-0.4, -0.2) is 34.7 Å². The summed E-state index contributed by atoms with van der Waals surface area (Å²) in [7, 11) is -0.762. The molecule has 0 heterocycles. The summed E-state index contributed by atoms with van der Waals surface area (Å²) in [5.41, 5.74) is 5.84. The van der Waals surface area contributed by atoms with E-state index in [4.69, 9.17) is 5.73 Å². The lowest BCUT2D eigenvalue weighted by atomic mass is 9.85. The van der Waals surface area contributed by atoms with E-state index in [1.807, 2.05) is 0 Å². The molecule has 1 aliphatic rings. The molecule has 16 heavy (non-hydrogen) atoms. The highest BCUT2D eigenvalue weighted by Gasteiger charge is 2.24. The third-order valence-corrected chi connectivity index (χ3v) is 3.86. The first-order valence-electron chi connectivity index (χ1n) is 5.93. The maximum absolute atomic E-state index is 11.7. The lowest BCUT2D eigenvalue weighted by Gasteiger charge is -2.25. The second kappa shape index (κ2) is 7.01. The van der Waals surface area contributed by atoms with Crippen molar-refractivity contribution < 1.29 is 9.00 Å². The predicted molar refractivity (Wildman–Crippen MR) is 66.5 cm³/mol. The van der Waals surface area contributed by atoms with Crippen LogP contribution < -0.4 is 11.1 Å². The fourth-order valence-corrected chi connectivity index (χ4v) is 2.65. The molecule has 3 atom stereocenters. The summed E-state index contributed by atoms with van der Waals surface area (Å²) >= 11 is 0. The molecule has 5 heteroatoms. The molecule has 0 spiro atoms. The zero-order valence-corrected chi connectivity index (χ0v) is 10.7. The molecule has 3 N–H and O–H groups in total. The van der Waals surface area contributed by atoms with Gasteiger partial charge >= 0.3 is 0 Å². The first-order chi connectivity index (χ1) is 7.59. The van der Waals surface area contributed by atoms with Crippen molar-refractivity contribution in [2.75, 3.05) is 18.6 Å². The van der Waals surface area contributed by atoms with Crippen molar-refractivity contribution in [2.45, 2.75) is 38.1 Å². The second-order valence-electron chi connectivity index (χ2n) is 4.55. The van der Waals surface area contributed by atoms with Gasteiger partial charge in [0.1, 0.15) is 0 Å². The van der Waals surface area contributed by atoms with Gasteiger partial charge in [0, 0.05) is 41.3 Å². The van der Waals surface area contributed by atoms with Crippen molar-refractivity contribution in [2.24, 2.45) is 11.7 Å². The number of amides is 1. The molecule has 1 aliphatic carbocycles. The van der Waals surface area contributed by atoms with Crippen LogP contribution in [0.1, 0.15) is 32.1 Å². The van der Waals surface area contributed by atoms with Crippen molar-refractivity contribution in [1.29, 1.82) is 0 Å². The topological polar surface area (TPSA) is 72.2 Å². The predicted octanol–water partition coefficient (Wildman–Crippen LogP) is 0.389. The summed E-state index contributed by atoms with van der Waals surface area (Å²) < 4.78 is 10.8. The Hall–Kier alpha value is -0.420. The van der Waals surface area contributed by atoms with E-state index in [2.05, 4.69) is 5.32 Å². The molecule has 1 saturated carbocycles. The lowest BCUT2D eigenvalue weighted by Crippen LogP contribution is -2.38. The van der Waals surface area contributed by atoms with E-state index in [1.165, 1.54) is 0 Å². The molecule has 94 valence electrons. The van der Waals surface area contributed by atoms with Crippen LogP contribution in [0, 0.1) is 5.92 Å². The minimum atomic E-state index is -0.762. The minimum absolute atomic E-state index is 0.0934. The lowest BCUT2D eigenvalue weighted by molar-refractivity contribution is -0.126. The Kier molecular flexibility index (Phi) is 5.98. The SMILES string of the molecule is CS(=O)CCCNC(=O)C1CCCC(N)C1. The van der Waals surface area contributed by atoms with Gasteiger partial charge in [0.15, 0.2) is 0 Å². The molecule has 0 aromatic rings. The van der Waals surface area contributed by atoms with E-state index >= 15 is 0 Å². The summed E-state index contributed by atoms with van der Waals surface area (Å²) in [6.45, 7) is 0.629. The smallest absolute Gasteiger partial charge is 0.223 e. The molecule has 1 rings (SSSR count). The van der Waals surface area contributed by atoms with Gasteiger partial charge in [0.25, 0.3) is 0 Å². The van der Waals surface area contributed by atoms with Crippen LogP contribution >= 0.6 is 0 Å². The van der Waals surface area contributed by atoms with E-state index in [9.17, 15) is 9.00 Å². The monoisotopic (exact) mass is 246 g/mol. The Morgan fingerprint density at radius 1 is 1.50 bits per heavy atom. The van der Waals surface area contributed by atoms with Gasteiger partial charge in [-0.1, -0.05) is 6.42 Å². The molecule has 0 saturated heterocycles. The molecular formula is C11H22N2O2S. The van der Waals surface area contributed by atoms with E-state index in [0.717, 1.165) is 32.1 Å². The van der Waals surface area contributed by atoms with Gasteiger partial charge in [0.05, 0.1) is 0 Å². The summed E-state index contributed by atoms with van der Waals surface area (Å²) in [4.78, 5) is 11.7. The largest absolute Gasteiger partial charge is 0.356 e. The van der Waals surface area contributed by atoms with Crippen LogP contribution in [0.4, 0.5) is 0 Å². The third kappa shape index (κ3) is 5.07. The Balaban J connectivity index is 2.16. The average Bonchev–Trinajstić information content (AvgIpc) is 2.24. The van der Waals surface area contributed by atoms with Gasteiger partial charge in [-0.15, -0.1) is 0 Å². The van der Waals surface area contributed by atoms with Gasteiger partial charge in [-0.25, -0.2) is 0 Å². The molecule has 1 fully saturated rings. The standard InChI is InChI=1S/C11H22N2O2S/c1-16(15)7-3-6-13-11(14)9-4-2-5-10(12)8-9/h9-10H,2-8,12H2,1H3,(H,13,14). The van der Waals surface area contributed by atoms with Crippen molar-refractivity contribution in [3.05, 3.63) is 0 Å². The number of carbonyl (C=O) groups excluding carboxylic acids is 1. The van der Waals surface area contributed by atoms with Crippen molar-refractivity contribution in [3.8, 4) is 0 Å². The molecule has 0 bridgehead atoms. The van der Waals surface area contributed by atoms with E-state index in [1.54, 1.807) is 6.26 Å². The number of rotatable bonds is 5. The maximum Gasteiger partial charge on any atom is 0.223 e. The molecular weight excluding hydrogens is 224 g/mol. The zero-order valence-electron chi connectivity index (χ0n) is 9.91. The molecule has 4 nitrogen and oxygen atoms in total. The zero-order chi connectivity index (χ0) is 12.0. The third-order valence-electron chi connectivity index (χ3n) is 2.99. The Morgan fingerprint density at radius 2 is 2.25 bits per heavy atom. The number of hydrogen-bond acceptors (Lipinski definition) is 3. The summed E-state index contributed by atoms with van der Waals surface area (Å²) in [5, 5.41) is 2.90. The highest BCUT2D eigenvalue weighted by molar-refractivity contribution is 7.84. The number of nitrogens with two attached hydrogens (primary N) is 1. The van der Waals surface area contributed by atoms with Crippen LogP contribution in [0.2, 0.25) is 0 Å². The van der Waals surface area contributed by atoms with E-state index in [-0.39, 0.29) is 17.9 Å². The Morgan fingerprint density at radius 3 is 2.88 bits per heavy atom. The average molecular weight is 246 g/mol. The van der Waals surface area contributed by atoms with E-state index in [0.29, 0.717) is 12.3 Å². The molecule has 3 unspecified atom stereocenters. The first-order valence-corrected chi connectivity index (χ1v) is 7.65. The first kappa shape index (κ1) is 13.6. The normalized spacial score (nSPS) is 27.4. The second-order valence-corrected chi connectivity index (χ2v) is 6.10. The summed E-state index contributed by atoms with van der Waals surface area (Å²) in [6, 6.07) is 0.188. The molecule has 0 aromatic carbocycles. The molecule has 1 amide bonds. The van der Waals surface area contributed by atoms with Crippen LogP contribution in [0.5, 0.6) is 0 Å². The van der Waals surface area contributed by atoms with Gasteiger partial charge in [-0.3, -0.25) is 9.00 Å². The Labute approximate surface area is 99.8 Å². The van der Waals surface area contributed by atoms with Crippen molar-refractivity contribution in [3.63, 3.8) is 0 Å². The fraction of sp³-hybridized carbons (Fsp3) is 0.909. The highest BCUT2D eigenvalue weighted by atomic mass is 32.2. The van der Waals surface area contributed by atoms with Crippen LogP contribution in [-0.2, 0) is 15.6 Å². The van der Waals surface area contributed by atoms with Crippen LogP contribution in [0.3, 0.4) is 0 Å². The number of nitrogens with one attached hydrogen (secondary N) is 1. The van der Waals surface area contributed by atoms with Gasteiger partial charge < -0.3 is 11.1 Å². The number of carbonyl (C=O) groups is 1. The highest BCUT2D eigenvalue weighted by Crippen LogP contribution is 2.22. The summed E-state index contributed by atoms with van der Waals surface area (Å²) in [6.07, 6.45) is 6.33. The maximum atomic E-state index is 11.7. The van der Waals surface area contributed by atoms with Crippen LogP contribution in [0.15, 0.2) is 0 Å². The van der Waals surface area contributed by atoms with Gasteiger partial charge in [-0.2, -0.15) is 0 Å². The molecule has 0 aliphatic heterocycles. The Bertz CT molecular complexity index is 258. The van der Waals surface area contributed by atoms with E-state index < -0.39 is 10.8 Å².